The van der Waals surface area contributed by atoms with E-state index in [1.807, 2.05) is 42.5 Å². The van der Waals surface area contributed by atoms with Crippen LogP contribution < -0.4 is 4.74 Å². The molecule has 0 aliphatic heterocycles. The molecular formula is C16H13BrO2. The molecule has 0 amide bonds. The van der Waals surface area contributed by atoms with Gasteiger partial charge in [-0.3, -0.25) is 4.79 Å². The van der Waals surface area contributed by atoms with Crippen LogP contribution in [0.4, 0.5) is 0 Å². The van der Waals surface area contributed by atoms with Crippen LogP contribution in [0.15, 0.2) is 59.1 Å². The normalized spacial score (nSPS) is 10.6. The van der Waals surface area contributed by atoms with Gasteiger partial charge in [0.1, 0.15) is 18.6 Å². The molecular weight excluding hydrogens is 304 g/mol. The highest BCUT2D eigenvalue weighted by atomic mass is 79.9. The van der Waals surface area contributed by atoms with Crippen molar-refractivity contribution in [2.75, 3.05) is 6.61 Å². The van der Waals surface area contributed by atoms with E-state index >= 15 is 0 Å². The van der Waals surface area contributed by atoms with Crippen molar-refractivity contribution >= 4 is 28.3 Å². The standard InChI is InChI=1S/C16H13BrO2/c17-15-11-14(12-18)8-9-16(15)19-10-4-7-13-5-2-1-3-6-13/h1-9,11-12H,10H2/b7-4+. The number of ether oxygens (including phenoxy) is 1. The van der Waals surface area contributed by atoms with Crippen molar-refractivity contribution in [2.24, 2.45) is 0 Å². The van der Waals surface area contributed by atoms with Crippen LogP contribution in [0.2, 0.25) is 0 Å². The van der Waals surface area contributed by atoms with Gasteiger partial charge in [0.25, 0.3) is 0 Å². The predicted octanol–water partition coefficient (Wildman–Crippen LogP) is 4.35. The van der Waals surface area contributed by atoms with Gasteiger partial charge in [-0.25, -0.2) is 0 Å². The lowest BCUT2D eigenvalue weighted by Gasteiger charge is -2.05. The first-order valence-electron chi connectivity index (χ1n) is 5.89. The Morgan fingerprint density at radius 2 is 1.84 bits per heavy atom. The van der Waals surface area contributed by atoms with Gasteiger partial charge in [-0.05, 0) is 45.8 Å². The summed E-state index contributed by atoms with van der Waals surface area (Å²) in [4.78, 5) is 10.6. The Morgan fingerprint density at radius 3 is 2.53 bits per heavy atom. The smallest absolute Gasteiger partial charge is 0.150 e. The lowest BCUT2D eigenvalue weighted by atomic mass is 10.2. The van der Waals surface area contributed by atoms with Gasteiger partial charge in [-0.2, -0.15) is 0 Å². The second-order valence-electron chi connectivity index (χ2n) is 3.93. The Bertz CT molecular complexity index is 577. The maximum absolute atomic E-state index is 10.6. The summed E-state index contributed by atoms with van der Waals surface area (Å²) in [6.45, 7) is 0.480. The number of carbonyl (C=O) groups excluding carboxylic acids is 1. The SMILES string of the molecule is O=Cc1ccc(OC/C=C/c2ccccc2)c(Br)c1. The summed E-state index contributed by atoms with van der Waals surface area (Å²) in [5.41, 5.74) is 1.76. The van der Waals surface area contributed by atoms with Crippen LogP contribution >= 0.6 is 15.9 Å². The molecule has 0 aliphatic carbocycles. The van der Waals surface area contributed by atoms with Crippen molar-refractivity contribution in [3.05, 3.63) is 70.2 Å². The van der Waals surface area contributed by atoms with Crippen molar-refractivity contribution in [1.29, 1.82) is 0 Å². The largest absolute Gasteiger partial charge is 0.488 e. The van der Waals surface area contributed by atoms with Gasteiger partial charge in [0.05, 0.1) is 4.47 Å². The van der Waals surface area contributed by atoms with Crippen molar-refractivity contribution in [1.82, 2.24) is 0 Å². The molecule has 0 spiro atoms. The molecule has 0 atom stereocenters. The molecule has 0 heterocycles. The van der Waals surface area contributed by atoms with E-state index in [0.717, 1.165) is 22.1 Å². The topological polar surface area (TPSA) is 26.3 Å². The van der Waals surface area contributed by atoms with Gasteiger partial charge in [-0.15, -0.1) is 0 Å². The minimum atomic E-state index is 0.480. The molecule has 96 valence electrons. The number of hydrogen-bond acceptors (Lipinski definition) is 2. The fraction of sp³-hybridized carbons (Fsp3) is 0.0625. The van der Waals surface area contributed by atoms with Gasteiger partial charge >= 0.3 is 0 Å². The van der Waals surface area contributed by atoms with Crippen LogP contribution in [-0.4, -0.2) is 12.9 Å². The summed E-state index contributed by atoms with van der Waals surface area (Å²) < 4.78 is 6.39. The maximum Gasteiger partial charge on any atom is 0.150 e. The first kappa shape index (κ1) is 13.6. The molecule has 0 bridgehead atoms. The van der Waals surface area contributed by atoms with Gasteiger partial charge in [0, 0.05) is 5.56 Å². The van der Waals surface area contributed by atoms with E-state index in [1.54, 1.807) is 18.2 Å². The maximum atomic E-state index is 10.6. The van der Waals surface area contributed by atoms with Crippen molar-refractivity contribution in [3.8, 4) is 5.75 Å². The summed E-state index contributed by atoms with van der Waals surface area (Å²) in [5.74, 6) is 0.725. The van der Waals surface area contributed by atoms with E-state index in [1.165, 1.54) is 0 Å². The molecule has 0 radical (unpaired) electrons. The lowest BCUT2D eigenvalue weighted by Crippen LogP contribution is -1.94. The first-order chi connectivity index (χ1) is 9.29. The third kappa shape index (κ3) is 4.07. The Labute approximate surface area is 120 Å². The Morgan fingerprint density at radius 1 is 1.05 bits per heavy atom. The van der Waals surface area contributed by atoms with Gasteiger partial charge in [0.2, 0.25) is 0 Å². The zero-order chi connectivity index (χ0) is 13.5. The highest BCUT2D eigenvalue weighted by molar-refractivity contribution is 9.10. The molecule has 0 aromatic heterocycles. The second-order valence-corrected chi connectivity index (χ2v) is 4.79. The highest BCUT2D eigenvalue weighted by Gasteiger charge is 2.01. The van der Waals surface area contributed by atoms with E-state index < -0.39 is 0 Å². The molecule has 2 rings (SSSR count). The molecule has 0 N–H and O–H groups in total. The molecule has 2 nitrogen and oxygen atoms in total. The number of rotatable bonds is 5. The van der Waals surface area contributed by atoms with Crippen LogP contribution in [0.25, 0.3) is 6.08 Å². The molecule has 2 aromatic rings. The average molecular weight is 317 g/mol. The zero-order valence-electron chi connectivity index (χ0n) is 10.3. The van der Waals surface area contributed by atoms with E-state index in [0.29, 0.717) is 12.2 Å². The number of aldehydes is 1. The number of carbonyl (C=O) groups is 1. The molecule has 0 aliphatic rings. The quantitative estimate of drug-likeness (QED) is 0.766. The summed E-state index contributed by atoms with van der Waals surface area (Å²) in [7, 11) is 0. The fourth-order valence-electron chi connectivity index (χ4n) is 1.59. The van der Waals surface area contributed by atoms with Crippen LogP contribution in [0.1, 0.15) is 15.9 Å². The van der Waals surface area contributed by atoms with E-state index in [4.69, 9.17) is 4.74 Å². The van der Waals surface area contributed by atoms with Crippen LogP contribution in [0, 0.1) is 0 Å². The molecule has 0 unspecified atom stereocenters. The first-order valence-corrected chi connectivity index (χ1v) is 6.68. The lowest BCUT2D eigenvalue weighted by molar-refractivity contribution is 0.112. The summed E-state index contributed by atoms with van der Waals surface area (Å²) >= 11 is 3.38. The monoisotopic (exact) mass is 316 g/mol. The minimum Gasteiger partial charge on any atom is -0.488 e. The Hall–Kier alpha value is -1.87. The summed E-state index contributed by atoms with van der Waals surface area (Å²) in [5, 5.41) is 0. The molecule has 0 saturated heterocycles. The Kier molecular flexibility index (Phi) is 4.93. The van der Waals surface area contributed by atoms with Crippen LogP contribution in [-0.2, 0) is 0 Å². The van der Waals surface area contributed by atoms with Crippen LogP contribution in [0.5, 0.6) is 5.75 Å². The number of halogens is 1. The van der Waals surface area contributed by atoms with Crippen molar-refractivity contribution in [2.45, 2.75) is 0 Å². The van der Waals surface area contributed by atoms with E-state index in [-0.39, 0.29) is 0 Å². The zero-order valence-corrected chi connectivity index (χ0v) is 11.8. The van der Waals surface area contributed by atoms with Crippen molar-refractivity contribution < 1.29 is 9.53 Å². The highest BCUT2D eigenvalue weighted by Crippen LogP contribution is 2.25. The minimum absolute atomic E-state index is 0.480. The molecule has 0 saturated carbocycles. The number of hydrogen-bond donors (Lipinski definition) is 0. The fourth-order valence-corrected chi connectivity index (χ4v) is 2.10. The van der Waals surface area contributed by atoms with Gasteiger partial charge in [-0.1, -0.05) is 36.4 Å². The van der Waals surface area contributed by atoms with Gasteiger partial charge in [0.15, 0.2) is 0 Å². The molecule has 19 heavy (non-hydrogen) atoms. The van der Waals surface area contributed by atoms with E-state index in [2.05, 4.69) is 15.9 Å². The third-order valence-corrected chi connectivity index (χ3v) is 3.16. The summed E-state index contributed by atoms with van der Waals surface area (Å²) in [6, 6.07) is 15.3. The average Bonchev–Trinajstić information content (AvgIpc) is 2.46. The molecule has 2 aromatic carbocycles. The second kappa shape index (κ2) is 6.90. The third-order valence-electron chi connectivity index (χ3n) is 2.54. The van der Waals surface area contributed by atoms with Crippen molar-refractivity contribution in [3.63, 3.8) is 0 Å². The molecule has 3 heteroatoms. The van der Waals surface area contributed by atoms with E-state index in [9.17, 15) is 4.79 Å². The van der Waals surface area contributed by atoms with Gasteiger partial charge < -0.3 is 4.74 Å². The number of benzene rings is 2. The predicted molar refractivity (Wildman–Crippen MR) is 80.5 cm³/mol. The summed E-state index contributed by atoms with van der Waals surface area (Å²) in [6.07, 6.45) is 4.77. The Balaban J connectivity index is 1.92. The van der Waals surface area contributed by atoms with Crippen LogP contribution in [0.3, 0.4) is 0 Å². The molecule has 0 fully saturated rings.